The van der Waals surface area contributed by atoms with E-state index >= 15 is 0 Å². The average Bonchev–Trinajstić information content (AvgIpc) is 2.32. The highest BCUT2D eigenvalue weighted by Gasteiger charge is 2.33. The maximum absolute atomic E-state index is 12.2. The first-order chi connectivity index (χ1) is 7.55. The number of aliphatic hydroxyl groups is 1. The summed E-state index contributed by atoms with van der Waals surface area (Å²) < 4.78 is 0. The van der Waals surface area contributed by atoms with E-state index < -0.39 is 5.54 Å². The smallest absolute Gasteiger partial charge is 0.242 e. The predicted molar refractivity (Wildman–Crippen MR) is 66.1 cm³/mol. The minimum atomic E-state index is -0.761. The number of aliphatic hydroxyl groups excluding tert-OH is 1. The van der Waals surface area contributed by atoms with E-state index in [-0.39, 0.29) is 12.5 Å². The molecule has 0 saturated carbocycles. The normalized spacial score (nSPS) is 11.6. The largest absolute Gasteiger partial charge is 0.395 e. The minimum absolute atomic E-state index is 0.00103. The van der Waals surface area contributed by atoms with Crippen LogP contribution in [0.15, 0.2) is 0 Å². The first kappa shape index (κ1) is 15.4. The Morgan fingerprint density at radius 1 is 1.25 bits per heavy atom. The van der Waals surface area contributed by atoms with Crippen LogP contribution in [0, 0.1) is 0 Å². The Hall–Kier alpha value is -0.610. The third-order valence-electron chi connectivity index (χ3n) is 3.13. The van der Waals surface area contributed by atoms with E-state index in [4.69, 9.17) is 10.8 Å². The highest BCUT2D eigenvalue weighted by molar-refractivity contribution is 5.86. The van der Waals surface area contributed by atoms with Crippen LogP contribution in [0.4, 0.5) is 0 Å². The quantitative estimate of drug-likeness (QED) is 0.657. The van der Waals surface area contributed by atoms with E-state index in [9.17, 15) is 4.79 Å². The third-order valence-corrected chi connectivity index (χ3v) is 3.13. The molecule has 4 heteroatoms. The van der Waals surface area contributed by atoms with Gasteiger partial charge in [-0.25, -0.2) is 0 Å². The van der Waals surface area contributed by atoms with Gasteiger partial charge in [-0.2, -0.15) is 0 Å². The topological polar surface area (TPSA) is 66.6 Å². The summed E-state index contributed by atoms with van der Waals surface area (Å²) in [5.41, 5.74) is 5.31. The zero-order valence-electron chi connectivity index (χ0n) is 10.8. The second kappa shape index (κ2) is 7.63. The molecule has 0 rings (SSSR count). The molecule has 0 saturated heterocycles. The number of carbonyl (C=O) groups is 1. The number of amides is 1. The third kappa shape index (κ3) is 4.10. The van der Waals surface area contributed by atoms with Gasteiger partial charge in [-0.3, -0.25) is 4.79 Å². The van der Waals surface area contributed by atoms with Gasteiger partial charge in [0, 0.05) is 13.1 Å². The second-order valence-electron chi connectivity index (χ2n) is 4.23. The van der Waals surface area contributed by atoms with Crippen LogP contribution in [0.3, 0.4) is 0 Å². The lowest BCUT2D eigenvalue weighted by atomic mass is 9.92. The van der Waals surface area contributed by atoms with Crippen molar-refractivity contribution in [1.29, 1.82) is 0 Å². The van der Waals surface area contributed by atoms with Crippen molar-refractivity contribution in [2.24, 2.45) is 5.73 Å². The molecule has 0 unspecified atom stereocenters. The van der Waals surface area contributed by atoms with Gasteiger partial charge in [-0.1, -0.05) is 27.2 Å². The monoisotopic (exact) mass is 230 g/mol. The van der Waals surface area contributed by atoms with Crippen molar-refractivity contribution < 1.29 is 9.90 Å². The Kier molecular flexibility index (Phi) is 7.34. The van der Waals surface area contributed by atoms with Gasteiger partial charge >= 0.3 is 0 Å². The molecule has 96 valence electrons. The molecular formula is C12H26N2O2. The first-order valence-electron chi connectivity index (χ1n) is 6.24. The molecule has 0 heterocycles. The van der Waals surface area contributed by atoms with Gasteiger partial charge in [-0.15, -0.1) is 0 Å². The number of hydrogen-bond donors (Lipinski definition) is 2. The summed E-state index contributed by atoms with van der Waals surface area (Å²) in [6.45, 7) is 7.01. The Morgan fingerprint density at radius 2 is 1.81 bits per heavy atom. The highest BCUT2D eigenvalue weighted by Crippen LogP contribution is 2.15. The molecule has 0 aromatic carbocycles. The van der Waals surface area contributed by atoms with Crippen LogP contribution >= 0.6 is 0 Å². The van der Waals surface area contributed by atoms with Crippen molar-refractivity contribution >= 4 is 5.91 Å². The van der Waals surface area contributed by atoms with Crippen molar-refractivity contribution in [2.75, 3.05) is 19.7 Å². The van der Waals surface area contributed by atoms with Gasteiger partial charge in [0.2, 0.25) is 5.91 Å². The molecule has 1 amide bonds. The predicted octanol–water partition coefficient (Wildman–Crippen LogP) is 1.12. The molecule has 4 nitrogen and oxygen atoms in total. The molecule has 3 N–H and O–H groups in total. The van der Waals surface area contributed by atoms with Crippen LogP contribution in [-0.4, -0.2) is 41.1 Å². The summed E-state index contributed by atoms with van der Waals surface area (Å²) in [6, 6.07) is 0. The lowest BCUT2D eigenvalue weighted by Gasteiger charge is -2.32. The summed E-state index contributed by atoms with van der Waals surface area (Å²) in [6.07, 6.45) is 3.26. The fourth-order valence-corrected chi connectivity index (χ4v) is 1.65. The van der Waals surface area contributed by atoms with E-state index in [1.165, 1.54) is 0 Å². The molecule has 0 aliphatic rings. The molecule has 0 aliphatic heterocycles. The van der Waals surface area contributed by atoms with Gasteiger partial charge in [0.15, 0.2) is 0 Å². The maximum Gasteiger partial charge on any atom is 0.242 e. The van der Waals surface area contributed by atoms with Crippen LogP contribution in [0.2, 0.25) is 0 Å². The number of nitrogens with two attached hydrogens (primary N) is 1. The van der Waals surface area contributed by atoms with Gasteiger partial charge in [0.25, 0.3) is 0 Å². The SMILES string of the molecule is CCCCN(CCO)C(=O)C(N)(CC)CC. The van der Waals surface area contributed by atoms with E-state index in [0.717, 1.165) is 12.8 Å². The summed E-state index contributed by atoms with van der Waals surface area (Å²) in [7, 11) is 0. The van der Waals surface area contributed by atoms with Crippen molar-refractivity contribution in [2.45, 2.75) is 52.0 Å². The van der Waals surface area contributed by atoms with Crippen LogP contribution < -0.4 is 5.73 Å². The van der Waals surface area contributed by atoms with Crippen molar-refractivity contribution in [3.8, 4) is 0 Å². The van der Waals surface area contributed by atoms with Crippen molar-refractivity contribution in [3.63, 3.8) is 0 Å². The lowest BCUT2D eigenvalue weighted by Crippen LogP contribution is -2.55. The molecule has 0 aromatic heterocycles. The van der Waals surface area contributed by atoms with Crippen LogP contribution in [0.25, 0.3) is 0 Å². The number of hydrogen-bond acceptors (Lipinski definition) is 3. The van der Waals surface area contributed by atoms with Crippen LogP contribution in [0.5, 0.6) is 0 Å². The van der Waals surface area contributed by atoms with Crippen LogP contribution in [-0.2, 0) is 4.79 Å². The summed E-state index contributed by atoms with van der Waals surface area (Å²) in [5.74, 6) is -0.0278. The van der Waals surface area contributed by atoms with Gasteiger partial charge in [0.05, 0.1) is 12.1 Å². The molecular weight excluding hydrogens is 204 g/mol. The Labute approximate surface area is 98.8 Å². The summed E-state index contributed by atoms with van der Waals surface area (Å²) >= 11 is 0. The fraction of sp³-hybridized carbons (Fsp3) is 0.917. The minimum Gasteiger partial charge on any atom is -0.395 e. The van der Waals surface area contributed by atoms with E-state index in [2.05, 4.69) is 6.92 Å². The Bertz CT molecular complexity index is 203. The number of carbonyl (C=O) groups excluding carboxylic acids is 1. The zero-order chi connectivity index (χ0) is 12.6. The summed E-state index contributed by atoms with van der Waals surface area (Å²) in [4.78, 5) is 13.9. The number of rotatable bonds is 8. The lowest BCUT2D eigenvalue weighted by molar-refractivity contribution is -0.138. The molecule has 0 fully saturated rings. The first-order valence-corrected chi connectivity index (χ1v) is 6.24. The molecule has 0 atom stereocenters. The van der Waals surface area contributed by atoms with E-state index in [1.807, 2.05) is 13.8 Å². The molecule has 0 bridgehead atoms. The summed E-state index contributed by atoms with van der Waals surface area (Å²) in [5, 5.41) is 8.96. The number of unbranched alkanes of at least 4 members (excludes halogenated alkanes) is 1. The Morgan fingerprint density at radius 3 is 2.19 bits per heavy atom. The Balaban J connectivity index is 4.57. The maximum atomic E-state index is 12.2. The highest BCUT2D eigenvalue weighted by atomic mass is 16.3. The molecule has 0 radical (unpaired) electrons. The zero-order valence-corrected chi connectivity index (χ0v) is 10.8. The molecule has 0 aliphatic carbocycles. The van der Waals surface area contributed by atoms with E-state index in [0.29, 0.717) is 25.9 Å². The average molecular weight is 230 g/mol. The van der Waals surface area contributed by atoms with Gasteiger partial charge < -0.3 is 15.7 Å². The molecule has 0 aromatic rings. The molecule has 0 spiro atoms. The van der Waals surface area contributed by atoms with Gasteiger partial charge in [0.1, 0.15) is 0 Å². The van der Waals surface area contributed by atoms with Crippen molar-refractivity contribution in [1.82, 2.24) is 4.90 Å². The molecule has 16 heavy (non-hydrogen) atoms. The second-order valence-corrected chi connectivity index (χ2v) is 4.23. The van der Waals surface area contributed by atoms with Crippen molar-refractivity contribution in [3.05, 3.63) is 0 Å². The standard InChI is InChI=1S/C12H26N2O2/c1-4-7-8-14(9-10-15)11(16)12(13,5-2)6-3/h15H,4-10,13H2,1-3H3. The van der Waals surface area contributed by atoms with Crippen LogP contribution in [0.1, 0.15) is 46.5 Å². The van der Waals surface area contributed by atoms with Gasteiger partial charge in [-0.05, 0) is 19.3 Å². The fourth-order valence-electron chi connectivity index (χ4n) is 1.65. The number of nitrogens with zero attached hydrogens (tertiary/aromatic N) is 1. The van der Waals surface area contributed by atoms with E-state index in [1.54, 1.807) is 4.90 Å².